The molecular formula is C12H9ClN4S. The van der Waals surface area contributed by atoms with Crippen LogP contribution in [0.5, 0.6) is 0 Å². The number of nitrogens with zero attached hydrogens (tertiary/aromatic N) is 3. The van der Waals surface area contributed by atoms with Crippen LogP contribution in [-0.4, -0.2) is 9.97 Å². The molecule has 0 unspecified atom stereocenters. The first-order valence-electron chi connectivity index (χ1n) is 5.10. The van der Waals surface area contributed by atoms with E-state index in [0.29, 0.717) is 21.4 Å². The van der Waals surface area contributed by atoms with Gasteiger partial charge in [-0.05, 0) is 19.1 Å². The van der Waals surface area contributed by atoms with Crippen molar-refractivity contribution in [1.82, 2.24) is 9.97 Å². The first-order valence-corrected chi connectivity index (χ1v) is 6.36. The lowest BCUT2D eigenvalue weighted by Gasteiger charge is -2.02. The summed E-state index contributed by atoms with van der Waals surface area (Å²) < 4.78 is 0. The molecule has 0 radical (unpaired) electrons. The second kappa shape index (κ2) is 5.63. The highest BCUT2D eigenvalue weighted by atomic mass is 35.5. The Kier molecular flexibility index (Phi) is 3.92. The fourth-order valence-electron chi connectivity index (χ4n) is 1.26. The lowest BCUT2D eigenvalue weighted by atomic mass is 10.3. The van der Waals surface area contributed by atoms with Gasteiger partial charge in [-0.15, -0.1) is 11.3 Å². The van der Waals surface area contributed by atoms with Gasteiger partial charge in [-0.3, -0.25) is 0 Å². The topological polar surface area (TPSA) is 61.6 Å². The SMILES string of the molecule is Cc1csc(/C(C#N)=C/Nc2cccnc2Cl)n1. The largest absolute Gasteiger partial charge is 0.358 e. The standard InChI is InChI=1S/C12H9ClN4S/c1-8-7-18-12(17-8)9(5-14)6-16-10-3-2-4-15-11(10)13/h2-4,6-7,16H,1H3/b9-6+. The number of aryl methyl sites for hydroxylation is 1. The van der Waals surface area contributed by atoms with E-state index in [4.69, 9.17) is 16.9 Å². The third-order valence-corrected chi connectivity index (χ3v) is 3.40. The van der Waals surface area contributed by atoms with Crippen molar-refractivity contribution in [2.75, 3.05) is 5.32 Å². The zero-order chi connectivity index (χ0) is 13.0. The summed E-state index contributed by atoms with van der Waals surface area (Å²) in [5, 5.41) is 15.0. The quantitative estimate of drug-likeness (QED) is 0.689. The van der Waals surface area contributed by atoms with Crippen LogP contribution in [0.4, 0.5) is 5.69 Å². The molecular weight excluding hydrogens is 268 g/mol. The van der Waals surface area contributed by atoms with Crippen LogP contribution >= 0.6 is 22.9 Å². The van der Waals surface area contributed by atoms with E-state index in [1.165, 1.54) is 11.3 Å². The molecule has 2 aromatic heterocycles. The smallest absolute Gasteiger partial charge is 0.152 e. The second-order valence-electron chi connectivity index (χ2n) is 3.45. The number of aromatic nitrogens is 2. The van der Waals surface area contributed by atoms with E-state index in [2.05, 4.69) is 21.4 Å². The van der Waals surface area contributed by atoms with Crippen molar-refractivity contribution in [3.05, 3.63) is 45.8 Å². The summed E-state index contributed by atoms with van der Waals surface area (Å²) in [6.07, 6.45) is 3.19. The molecule has 0 saturated carbocycles. The van der Waals surface area contributed by atoms with Gasteiger partial charge in [-0.25, -0.2) is 9.97 Å². The highest BCUT2D eigenvalue weighted by Crippen LogP contribution is 2.21. The van der Waals surface area contributed by atoms with Gasteiger partial charge in [0.2, 0.25) is 0 Å². The lowest BCUT2D eigenvalue weighted by molar-refractivity contribution is 1.24. The Morgan fingerprint density at radius 2 is 2.44 bits per heavy atom. The summed E-state index contributed by atoms with van der Waals surface area (Å²) in [6.45, 7) is 1.89. The minimum Gasteiger partial charge on any atom is -0.358 e. The van der Waals surface area contributed by atoms with Crippen LogP contribution in [0, 0.1) is 18.3 Å². The van der Waals surface area contributed by atoms with Crippen molar-refractivity contribution in [3.63, 3.8) is 0 Å². The van der Waals surface area contributed by atoms with Crippen LogP contribution in [0.2, 0.25) is 5.15 Å². The predicted molar refractivity (Wildman–Crippen MR) is 73.3 cm³/mol. The van der Waals surface area contributed by atoms with E-state index >= 15 is 0 Å². The number of pyridine rings is 1. The normalized spacial score (nSPS) is 11.1. The van der Waals surface area contributed by atoms with E-state index in [0.717, 1.165) is 5.69 Å². The van der Waals surface area contributed by atoms with E-state index in [-0.39, 0.29) is 0 Å². The molecule has 0 aliphatic carbocycles. The number of halogens is 1. The summed E-state index contributed by atoms with van der Waals surface area (Å²) in [7, 11) is 0. The summed E-state index contributed by atoms with van der Waals surface area (Å²) in [4.78, 5) is 8.19. The van der Waals surface area contributed by atoms with Crippen LogP contribution in [0.15, 0.2) is 29.9 Å². The maximum atomic E-state index is 9.10. The molecule has 0 aromatic carbocycles. The Hall–Kier alpha value is -1.90. The molecule has 0 fully saturated rings. The molecule has 1 N–H and O–H groups in total. The minimum absolute atomic E-state index is 0.362. The van der Waals surface area contributed by atoms with E-state index < -0.39 is 0 Å². The lowest BCUT2D eigenvalue weighted by Crippen LogP contribution is -1.92. The summed E-state index contributed by atoms with van der Waals surface area (Å²) in [5.41, 5.74) is 2.02. The Bertz CT molecular complexity index is 627. The molecule has 0 spiro atoms. The minimum atomic E-state index is 0.362. The van der Waals surface area contributed by atoms with Crippen molar-refractivity contribution >= 4 is 34.2 Å². The van der Waals surface area contributed by atoms with E-state index in [1.54, 1.807) is 24.5 Å². The molecule has 18 heavy (non-hydrogen) atoms. The van der Waals surface area contributed by atoms with Crippen LogP contribution in [0.3, 0.4) is 0 Å². The highest BCUT2D eigenvalue weighted by Gasteiger charge is 2.05. The number of nitrogens with one attached hydrogen (secondary N) is 1. The third kappa shape index (κ3) is 2.86. The molecule has 0 saturated heterocycles. The number of anilines is 1. The van der Waals surface area contributed by atoms with Crippen LogP contribution in [0.25, 0.3) is 5.57 Å². The molecule has 4 nitrogen and oxygen atoms in total. The molecule has 2 heterocycles. The van der Waals surface area contributed by atoms with Crippen molar-refractivity contribution in [2.45, 2.75) is 6.92 Å². The fraction of sp³-hybridized carbons (Fsp3) is 0.0833. The number of nitriles is 1. The van der Waals surface area contributed by atoms with Crippen LogP contribution in [-0.2, 0) is 0 Å². The summed E-state index contributed by atoms with van der Waals surface area (Å²) in [6, 6.07) is 5.66. The third-order valence-electron chi connectivity index (χ3n) is 2.10. The molecule has 90 valence electrons. The van der Waals surface area contributed by atoms with Gasteiger partial charge in [0.1, 0.15) is 16.6 Å². The molecule has 2 rings (SSSR count). The predicted octanol–water partition coefficient (Wildman–Crippen LogP) is 3.48. The number of rotatable bonds is 3. The highest BCUT2D eigenvalue weighted by molar-refractivity contribution is 7.10. The van der Waals surface area contributed by atoms with Gasteiger partial charge < -0.3 is 5.32 Å². The van der Waals surface area contributed by atoms with Gasteiger partial charge in [-0.2, -0.15) is 5.26 Å². The number of hydrogen-bond acceptors (Lipinski definition) is 5. The first-order chi connectivity index (χ1) is 8.70. The zero-order valence-corrected chi connectivity index (χ0v) is 11.1. The Morgan fingerprint density at radius 3 is 3.06 bits per heavy atom. The number of allylic oxidation sites excluding steroid dienone is 1. The molecule has 0 bridgehead atoms. The van der Waals surface area contributed by atoms with Crippen molar-refractivity contribution < 1.29 is 0 Å². The monoisotopic (exact) mass is 276 g/mol. The first kappa shape index (κ1) is 12.6. The average Bonchev–Trinajstić information content (AvgIpc) is 2.79. The van der Waals surface area contributed by atoms with E-state index in [9.17, 15) is 0 Å². The van der Waals surface area contributed by atoms with Gasteiger partial charge in [0.15, 0.2) is 5.15 Å². The van der Waals surface area contributed by atoms with Crippen molar-refractivity contribution in [3.8, 4) is 6.07 Å². The summed E-state index contributed by atoms with van der Waals surface area (Å²) >= 11 is 7.33. The van der Waals surface area contributed by atoms with E-state index in [1.807, 2.05) is 12.3 Å². The molecule has 0 aliphatic heterocycles. The Balaban J connectivity index is 2.22. The Labute approximate surface area is 114 Å². The fourth-order valence-corrected chi connectivity index (χ4v) is 2.20. The van der Waals surface area contributed by atoms with Gasteiger partial charge in [0.05, 0.1) is 5.69 Å². The van der Waals surface area contributed by atoms with Crippen LogP contribution < -0.4 is 5.32 Å². The number of hydrogen-bond donors (Lipinski definition) is 1. The average molecular weight is 277 g/mol. The second-order valence-corrected chi connectivity index (χ2v) is 4.67. The van der Waals surface area contributed by atoms with Crippen molar-refractivity contribution in [2.24, 2.45) is 0 Å². The molecule has 0 aliphatic rings. The molecule has 0 atom stereocenters. The van der Waals surface area contributed by atoms with Crippen molar-refractivity contribution in [1.29, 1.82) is 5.26 Å². The van der Waals surface area contributed by atoms with Gasteiger partial charge in [0, 0.05) is 23.5 Å². The van der Waals surface area contributed by atoms with Crippen LogP contribution in [0.1, 0.15) is 10.7 Å². The molecule has 2 aromatic rings. The van der Waals surface area contributed by atoms with Gasteiger partial charge >= 0.3 is 0 Å². The number of thiazole rings is 1. The molecule has 6 heteroatoms. The Morgan fingerprint density at radius 1 is 1.61 bits per heavy atom. The van der Waals surface area contributed by atoms with Gasteiger partial charge in [0.25, 0.3) is 0 Å². The maximum absolute atomic E-state index is 9.10. The molecule has 0 amide bonds. The summed E-state index contributed by atoms with van der Waals surface area (Å²) in [5.74, 6) is 0. The zero-order valence-electron chi connectivity index (χ0n) is 9.51. The van der Waals surface area contributed by atoms with Gasteiger partial charge in [-0.1, -0.05) is 11.6 Å². The maximum Gasteiger partial charge on any atom is 0.152 e.